The minimum absolute atomic E-state index is 0.0124. The molecule has 0 atom stereocenters. The topological polar surface area (TPSA) is 311 Å². The summed E-state index contributed by atoms with van der Waals surface area (Å²) in [5, 5.41) is 94.4. The number of halogens is 6. The SMILES string of the molecule is BrB(Br)Br.COc1ccc(-c2ccc(I)cc2)c(CO)c1.COc1ccc(-c2ccc(N)cc2)c(CO)c1.COc1ccc(-c2ccc([N+](=O)[O-])cc2)c(CO)c1.COc1ccc(B(O)O)c(CO)c1.O=[N+]([O-])c1ccc(Br)cc1.Oc1ccc(-c2ccc(I)cc2)c(O)c1. The number of anilines is 1. The van der Waals surface area contributed by atoms with Crippen molar-refractivity contribution in [3.05, 3.63) is 266 Å². The zero-order valence-corrected chi connectivity index (χ0v) is 61.9. The van der Waals surface area contributed by atoms with Crippen LogP contribution in [0.2, 0.25) is 0 Å². The number of ether oxygens (including phenoxy) is 4. The Morgan fingerprint density at radius 2 is 0.726 bits per heavy atom. The summed E-state index contributed by atoms with van der Waals surface area (Å²) in [4.78, 5) is 19.8. The van der Waals surface area contributed by atoms with Crippen molar-refractivity contribution < 1.29 is 69.5 Å². The van der Waals surface area contributed by atoms with Gasteiger partial charge in [0.25, 0.3) is 11.4 Å². The third-order valence-corrected chi connectivity index (χ3v) is 15.2. The van der Waals surface area contributed by atoms with Crippen LogP contribution in [0.25, 0.3) is 44.5 Å². The van der Waals surface area contributed by atoms with Crippen molar-refractivity contribution in [2.75, 3.05) is 34.2 Å². The zero-order valence-electron chi connectivity index (χ0n) is 51.3. The minimum atomic E-state index is -1.56. The molecule has 0 saturated carbocycles. The average molecular weight is 1780 g/mol. The summed E-state index contributed by atoms with van der Waals surface area (Å²) < 4.78 is 23.8. The van der Waals surface area contributed by atoms with E-state index in [0.29, 0.717) is 28.1 Å². The number of phenols is 2. The highest BCUT2D eigenvalue weighted by Gasteiger charge is 2.16. The maximum absolute atomic E-state index is 10.6. The van der Waals surface area contributed by atoms with Crippen LogP contribution in [0.15, 0.2) is 217 Å². The second kappa shape index (κ2) is 42.4. The number of nitro groups is 2. The van der Waals surface area contributed by atoms with Gasteiger partial charge in [0.05, 0.1) is 64.7 Å². The molecule has 0 unspecified atom stereocenters. The Morgan fingerprint density at radius 1 is 0.432 bits per heavy atom. The molecule has 0 radical (unpaired) electrons. The minimum Gasteiger partial charge on any atom is -0.508 e. The van der Waals surface area contributed by atoms with Crippen molar-refractivity contribution >= 4 is 141 Å². The first kappa shape index (κ1) is 80.3. The summed E-state index contributed by atoms with van der Waals surface area (Å²) in [5.41, 5.74) is 17.2. The molecule has 0 fully saturated rings. The first-order valence-electron chi connectivity index (χ1n) is 27.9. The quantitative estimate of drug-likeness (QED) is 0.0151. The molecule has 10 aromatic carbocycles. The van der Waals surface area contributed by atoms with Crippen LogP contribution in [0.3, 0.4) is 0 Å². The maximum Gasteiger partial charge on any atom is 0.488 e. The van der Waals surface area contributed by atoms with Crippen LogP contribution in [0.1, 0.15) is 22.3 Å². The van der Waals surface area contributed by atoms with E-state index in [2.05, 4.69) is 133 Å². The van der Waals surface area contributed by atoms with Crippen LogP contribution in [0.5, 0.6) is 34.5 Å². The van der Waals surface area contributed by atoms with E-state index >= 15 is 0 Å². The molecule has 0 amide bonds. The van der Waals surface area contributed by atoms with Gasteiger partial charge < -0.3 is 65.4 Å². The lowest BCUT2D eigenvalue weighted by Crippen LogP contribution is -2.32. The molecule has 95 heavy (non-hydrogen) atoms. The molecule has 10 rings (SSSR count). The lowest BCUT2D eigenvalue weighted by atomic mass is 9.77. The molecule has 496 valence electrons. The molecule has 19 nitrogen and oxygen atoms in total. The zero-order chi connectivity index (χ0) is 70.1. The van der Waals surface area contributed by atoms with E-state index in [0.717, 1.165) is 80.9 Å². The van der Waals surface area contributed by atoms with Gasteiger partial charge in [0.15, 0.2) is 0 Å². The number of benzene rings is 10. The highest BCUT2D eigenvalue weighted by molar-refractivity contribution is 14.1. The van der Waals surface area contributed by atoms with Crippen LogP contribution in [-0.4, -0.2) is 89.3 Å². The maximum atomic E-state index is 10.6. The van der Waals surface area contributed by atoms with Gasteiger partial charge in [-0.3, -0.25) is 20.2 Å². The predicted molar refractivity (Wildman–Crippen MR) is 407 cm³/mol. The Bertz CT molecular complexity index is 3900. The molecule has 0 aliphatic heterocycles. The number of nitrogen functional groups attached to an aromatic ring is 1. The summed E-state index contributed by atoms with van der Waals surface area (Å²) in [6.07, 6.45) is 0. The number of phenolic OH excluding ortho intramolecular Hbond substituents is 2. The van der Waals surface area contributed by atoms with Gasteiger partial charge in [-0.2, -0.15) is 0 Å². The Balaban J connectivity index is 0.000000242. The van der Waals surface area contributed by atoms with Gasteiger partial charge in [0.1, 0.15) is 34.5 Å². The molecule has 0 aliphatic rings. The van der Waals surface area contributed by atoms with Crippen LogP contribution >= 0.6 is 108 Å². The van der Waals surface area contributed by atoms with E-state index in [4.69, 9.17) is 44.9 Å². The highest BCUT2D eigenvalue weighted by atomic mass is 127. The molecule has 0 bridgehead atoms. The number of rotatable bonds is 15. The third kappa shape index (κ3) is 27.1. The van der Waals surface area contributed by atoms with Gasteiger partial charge >= 0.3 is 10.3 Å². The summed E-state index contributed by atoms with van der Waals surface area (Å²) in [6, 6.07) is 62.1. The molecule has 0 aromatic heterocycles. The van der Waals surface area contributed by atoms with Crippen molar-refractivity contribution in [1.29, 1.82) is 0 Å². The van der Waals surface area contributed by atoms with E-state index in [9.17, 15) is 40.7 Å². The Morgan fingerprint density at radius 3 is 1.04 bits per heavy atom. The van der Waals surface area contributed by atoms with Crippen molar-refractivity contribution in [3.8, 4) is 79.0 Å². The summed E-state index contributed by atoms with van der Waals surface area (Å²) in [5.74, 6) is 2.91. The normalized spacial score (nSPS) is 9.94. The van der Waals surface area contributed by atoms with Crippen LogP contribution in [-0.2, 0) is 26.4 Å². The highest BCUT2D eigenvalue weighted by Crippen LogP contribution is 2.34. The number of non-ortho nitro benzene ring substituents is 2. The molecular weight excluding hydrogens is 1710 g/mol. The molecule has 0 aliphatic carbocycles. The fraction of sp³-hybridized carbons (Fsp3) is 0.118. The van der Waals surface area contributed by atoms with Crippen LogP contribution < -0.4 is 30.1 Å². The smallest absolute Gasteiger partial charge is 0.488 e. The van der Waals surface area contributed by atoms with Gasteiger partial charge in [0.2, 0.25) is 0 Å². The van der Waals surface area contributed by atoms with Gasteiger partial charge in [0, 0.05) is 53.2 Å². The fourth-order valence-corrected chi connectivity index (χ4v) is 9.42. The summed E-state index contributed by atoms with van der Waals surface area (Å²) >= 11 is 17.0. The van der Waals surface area contributed by atoms with E-state index in [1.807, 2.05) is 91.0 Å². The standard InChI is InChI=1S/C14H13IO2.C14H13NO4.C14H15NO2.C12H9IO2.C8H11BO4.C6H4BrNO2.BBr3/c1-17-13-6-7-14(11(8-13)9-16)10-2-4-12(15)5-3-10;1-19-13-6-7-14(11(8-13)9-16)10-2-4-12(5-3-10)15(17)18;1-17-13-6-7-14(11(8-13)9-16)10-2-4-12(15)5-3-10;13-9-3-1-8(2-4-9)11-6-5-10(14)7-12(11)15;1-13-7-2-3-8(9(11)12)6(4-7)5-10;7-5-1-3-6(4-2-5)8(9)10;2-1(3)4/h2-8,16H,9H2,1H3;2-8,16H,9H2,1H3;2-8,16H,9,15H2,1H3;1-7,14-15H;2-4,10-12H,5H2,1H3;1-4H;. The van der Waals surface area contributed by atoms with E-state index in [1.165, 1.54) is 47.1 Å². The second-order valence-corrected chi connectivity index (χ2v) is 29.1. The monoisotopic (exact) mass is 1770 g/mol. The number of aliphatic hydroxyl groups is 4. The largest absolute Gasteiger partial charge is 0.508 e. The van der Waals surface area contributed by atoms with Crippen LogP contribution in [0, 0.1) is 27.4 Å². The predicted octanol–water partition coefficient (Wildman–Crippen LogP) is 15.4. The van der Waals surface area contributed by atoms with Crippen molar-refractivity contribution in [1.82, 2.24) is 0 Å². The van der Waals surface area contributed by atoms with Gasteiger partial charge in [-0.1, -0.05) is 76.6 Å². The number of aliphatic hydroxyl groups excluding tert-OH is 4. The second-order valence-electron chi connectivity index (χ2n) is 19.3. The van der Waals surface area contributed by atoms with Gasteiger partial charge in [-0.05, 0) is 233 Å². The van der Waals surface area contributed by atoms with Gasteiger partial charge in [-0.25, -0.2) is 0 Å². The van der Waals surface area contributed by atoms with E-state index < -0.39 is 17.0 Å². The third-order valence-electron chi connectivity index (χ3n) is 13.2. The Labute approximate surface area is 611 Å². The van der Waals surface area contributed by atoms with Crippen LogP contribution in [0.4, 0.5) is 17.1 Å². The van der Waals surface area contributed by atoms with Crippen molar-refractivity contribution in [2.45, 2.75) is 26.4 Å². The Kier molecular flexibility index (Phi) is 35.9. The number of methoxy groups -OCH3 is 4. The fourth-order valence-electron chi connectivity index (χ4n) is 8.44. The lowest BCUT2D eigenvalue weighted by molar-refractivity contribution is -0.385. The number of hydrogen-bond acceptors (Lipinski definition) is 17. The Hall–Kier alpha value is -7.13. The average Bonchev–Trinajstić information content (AvgIpc) is 0.903. The number of hydrogen-bond donors (Lipinski definition) is 9. The number of nitrogens with two attached hydrogens (primary N) is 1. The van der Waals surface area contributed by atoms with E-state index in [1.54, 1.807) is 82.0 Å². The molecule has 0 spiro atoms. The number of nitro benzene ring substituents is 2. The lowest BCUT2D eigenvalue weighted by Gasteiger charge is -2.10. The molecule has 10 N–H and O–H groups in total. The summed E-state index contributed by atoms with van der Waals surface area (Å²) in [6.45, 7) is -0.372. The molecular formula is C68H65B2Br4I2N3O16. The summed E-state index contributed by atoms with van der Waals surface area (Å²) in [7, 11) is 4.74. The first-order valence-corrected chi connectivity index (χ1v) is 33.6. The molecule has 10 aromatic rings. The van der Waals surface area contributed by atoms with E-state index in [-0.39, 0.29) is 52.5 Å². The molecule has 27 heteroatoms. The van der Waals surface area contributed by atoms with Crippen molar-refractivity contribution in [2.24, 2.45) is 0 Å². The first-order chi connectivity index (χ1) is 45.4. The number of aromatic hydroxyl groups is 2. The van der Waals surface area contributed by atoms with Crippen molar-refractivity contribution in [3.63, 3.8) is 0 Å². The van der Waals surface area contributed by atoms with Gasteiger partial charge in [-0.15, -0.1) is 47.3 Å². The molecule has 0 saturated heterocycles. The molecule has 0 heterocycles. The number of nitrogens with zero attached hydrogens (tertiary/aromatic N) is 2.